The van der Waals surface area contributed by atoms with E-state index in [0.717, 1.165) is 0 Å². The maximum absolute atomic E-state index is 13.4. The minimum absolute atomic E-state index is 0.00281. The zero-order chi connectivity index (χ0) is 14.2. The molecule has 0 fully saturated rings. The average molecular weight is 311 g/mol. The van der Waals surface area contributed by atoms with Crippen molar-refractivity contribution >= 4 is 34.6 Å². The van der Waals surface area contributed by atoms with Crippen LogP contribution in [0.2, 0.25) is 10.0 Å². The van der Waals surface area contributed by atoms with Crippen molar-refractivity contribution in [1.82, 2.24) is 4.98 Å². The number of benzene rings is 1. The van der Waals surface area contributed by atoms with E-state index in [2.05, 4.69) is 10.3 Å². The van der Waals surface area contributed by atoms with E-state index < -0.39 is 29.2 Å². The summed E-state index contributed by atoms with van der Waals surface area (Å²) in [5, 5.41) is 2.22. The van der Waals surface area contributed by atoms with Gasteiger partial charge in [0.25, 0.3) is 11.9 Å². The number of anilines is 2. The molecular formula is C11H4Cl2F4N2. The molecule has 100 valence electrons. The summed E-state index contributed by atoms with van der Waals surface area (Å²) >= 11 is 11.5. The Balaban J connectivity index is 2.52. The van der Waals surface area contributed by atoms with Crippen molar-refractivity contribution < 1.29 is 17.6 Å². The molecule has 2 rings (SSSR count). The van der Waals surface area contributed by atoms with E-state index in [4.69, 9.17) is 23.2 Å². The number of hydrogen-bond acceptors (Lipinski definition) is 2. The summed E-state index contributed by atoms with van der Waals surface area (Å²) in [6.45, 7) is 0. The number of hydrogen-bond donors (Lipinski definition) is 1. The average Bonchev–Trinajstić information content (AvgIpc) is 2.37. The van der Waals surface area contributed by atoms with Gasteiger partial charge in [-0.1, -0.05) is 29.3 Å². The van der Waals surface area contributed by atoms with Gasteiger partial charge in [0, 0.05) is 0 Å². The van der Waals surface area contributed by atoms with Crippen LogP contribution in [0.25, 0.3) is 0 Å². The van der Waals surface area contributed by atoms with Gasteiger partial charge >= 0.3 is 0 Å². The van der Waals surface area contributed by atoms with Gasteiger partial charge in [0.2, 0.25) is 11.6 Å². The van der Waals surface area contributed by atoms with E-state index in [-0.39, 0.29) is 15.7 Å². The Morgan fingerprint density at radius 3 is 2.11 bits per heavy atom. The van der Waals surface area contributed by atoms with Crippen LogP contribution in [0.15, 0.2) is 18.2 Å². The van der Waals surface area contributed by atoms with Crippen molar-refractivity contribution in [2.75, 3.05) is 5.32 Å². The molecule has 8 heteroatoms. The minimum Gasteiger partial charge on any atom is -0.349 e. The van der Waals surface area contributed by atoms with Crippen LogP contribution in [-0.2, 0) is 0 Å². The van der Waals surface area contributed by atoms with Crippen molar-refractivity contribution in [2.45, 2.75) is 0 Å². The third-order valence-corrected chi connectivity index (χ3v) is 3.03. The van der Waals surface area contributed by atoms with Gasteiger partial charge in [0.05, 0.1) is 15.7 Å². The minimum atomic E-state index is -1.76. The Morgan fingerprint density at radius 1 is 0.947 bits per heavy atom. The predicted octanol–water partition coefficient (Wildman–Crippen LogP) is 4.69. The van der Waals surface area contributed by atoms with Crippen molar-refractivity contribution in [1.29, 1.82) is 0 Å². The lowest BCUT2D eigenvalue weighted by molar-refractivity contribution is 0.411. The smallest absolute Gasteiger partial charge is 0.253 e. The lowest BCUT2D eigenvalue weighted by Gasteiger charge is -2.11. The highest BCUT2D eigenvalue weighted by atomic mass is 35.5. The Hall–Kier alpha value is -1.53. The van der Waals surface area contributed by atoms with Crippen LogP contribution in [0.1, 0.15) is 0 Å². The van der Waals surface area contributed by atoms with E-state index in [1.165, 1.54) is 18.2 Å². The summed E-state index contributed by atoms with van der Waals surface area (Å²) in [6.07, 6.45) is 0. The largest absolute Gasteiger partial charge is 0.349 e. The molecule has 0 saturated heterocycles. The Bertz CT molecular complexity index is 623. The number of pyridine rings is 1. The first-order valence-electron chi connectivity index (χ1n) is 4.83. The third kappa shape index (κ3) is 2.59. The van der Waals surface area contributed by atoms with E-state index in [9.17, 15) is 17.6 Å². The number of nitrogens with one attached hydrogen (secondary N) is 1. The molecule has 1 aromatic carbocycles. The summed E-state index contributed by atoms with van der Waals surface area (Å²) in [7, 11) is 0. The summed E-state index contributed by atoms with van der Waals surface area (Å²) in [5.74, 6) is -6.84. The molecule has 0 unspecified atom stereocenters. The molecule has 1 heterocycles. The van der Waals surface area contributed by atoms with Crippen LogP contribution in [0.4, 0.5) is 28.9 Å². The number of halogens is 6. The van der Waals surface area contributed by atoms with Crippen LogP contribution >= 0.6 is 23.2 Å². The fraction of sp³-hybridized carbons (Fsp3) is 0. The first-order valence-corrected chi connectivity index (χ1v) is 5.58. The van der Waals surface area contributed by atoms with E-state index in [0.29, 0.717) is 0 Å². The molecule has 0 aliphatic heterocycles. The molecule has 0 spiro atoms. The summed E-state index contributed by atoms with van der Waals surface area (Å²) in [4.78, 5) is 2.43. The molecule has 0 saturated carbocycles. The number of nitrogens with zero attached hydrogens (tertiary/aromatic N) is 1. The molecule has 0 bridgehead atoms. The monoisotopic (exact) mass is 310 g/mol. The summed E-state index contributed by atoms with van der Waals surface area (Å²) in [6, 6.07) is 4.22. The predicted molar refractivity (Wildman–Crippen MR) is 63.8 cm³/mol. The second-order valence-electron chi connectivity index (χ2n) is 3.42. The van der Waals surface area contributed by atoms with Crippen LogP contribution < -0.4 is 5.32 Å². The normalized spacial score (nSPS) is 10.6. The van der Waals surface area contributed by atoms with Gasteiger partial charge in [0.1, 0.15) is 5.69 Å². The molecule has 0 aliphatic carbocycles. The number of rotatable bonds is 2. The van der Waals surface area contributed by atoms with Crippen molar-refractivity contribution in [3.05, 3.63) is 51.8 Å². The van der Waals surface area contributed by atoms with Gasteiger partial charge in [-0.15, -0.1) is 0 Å². The van der Waals surface area contributed by atoms with Crippen molar-refractivity contribution in [3.63, 3.8) is 0 Å². The lowest BCUT2D eigenvalue weighted by Crippen LogP contribution is -2.06. The van der Waals surface area contributed by atoms with E-state index in [1.807, 2.05) is 0 Å². The zero-order valence-corrected chi connectivity index (χ0v) is 10.5. The molecule has 1 aromatic heterocycles. The first-order chi connectivity index (χ1) is 8.91. The topological polar surface area (TPSA) is 24.9 Å². The zero-order valence-electron chi connectivity index (χ0n) is 8.95. The highest BCUT2D eigenvalue weighted by Crippen LogP contribution is 2.33. The first kappa shape index (κ1) is 13.9. The quantitative estimate of drug-likeness (QED) is 0.643. The molecule has 19 heavy (non-hydrogen) atoms. The van der Waals surface area contributed by atoms with Gasteiger partial charge in [-0.2, -0.15) is 22.5 Å². The second-order valence-corrected chi connectivity index (χ2v) is 4.21. The fourth-order valence-electron chi connectivity index (χ4n) is 1.33. The second kappa shape index (κ2) is 5.22. The molecule has 2 nitrogen and oxygen atoms in total. The van der Waals surface area contributed by atoms with Crippen LogP contribution in [0.5, 0.6) is 0 Å². The molecule has 0 radical (unpaired) electrons. The summed E-state index contributed by atoms with van der Waals surface area (Å²) < 4.78 is 52.6. The Labute approximate surface area is 115 Å². The lowest BCUT2D eigenvalue weighted by atomic mass is 10.3. The van der Waals surface area contributed by atoms with Gasteiger partial charge in [-0.25, -0.2) is 0 Å². The summed E-state index contributed by atoms with van der Waals surface area (Å²) in [5.41, 5.74) is -1.04. The Morgan fingerprint density at radius 2 is 1.53 bits per heavy atom. The molecule has 0 amide bonds. The fourth-order valence-corrected chi connectivity index (χ4v) is 1.68. The molecular weight excluding hydrogens is 307 g/mol. The van der Waals surface area contributed by atoms with Gasteiger partial charge < -0.3 is 5.32 Å². The molecule has 0 atom stereocenters. The molecule has 1 N–H and O–H groups in total. The van der Waals surface area contributed by atoms with E-state index in [1.54, 1.807) is 0 Å². The van der Waals surface area contributed by atoms with E-state index >= 15 is 0 Å². The van der Waals surface area contributed by atoms with Gasteiger partial charge in [-0.05, 0) is 12.1 Å². The highest BCUT2D eigenvalue weighted by Gasteiger charge is 2.21. The SMILES string of the molecule is Fc1nc(F)c(F)c(Nc2cccc(Cl)c2Cl)c1F. The molecule has 0 aliphatic rings. The van der Waals surface area contributed by atoms with Crippen molar-refractivity contribution in [3.8, 4) is 0 Å². The van der Waals surface area contributed by atoms with Crippen LogP contribution in [0.3, 0.4) is 0 Å². The maximum atomic E-state index is 13.4. The van der Waals surface area contributed by atoms with Gasteiger partial charge in [-0.3, -0.25) is 0 Å². The number of aromatic nitrogens is 1. The van der Waals surface area contributed by atoms with Crippen LogP contribution in [0, 0.1) is 23.5 Å². The Kier molecular flexibility index (Phi) is 3.82. The van der Waals surface area contributed by atoms with Gasteiger partial charge in [0.15, 0.2) is 0 Å². The molecule has 2 aromatic rings. The standard InChI is InChI=1S/C11H4Cl2F4N2/c12-4-2-1-3-5(6(4)13)18-9-7(14)10(16)19-11(17)8(9)15/h1-3H,(H,18,19). The third-order valence-electron chi connectivity index (χ3n) is 2.21. The van der Waals surface area contributed by atoms with Crippen LogP contribution in [-0.4, -0.2) is 4.98 Å². The maximum Gasteiger partial charge on any atom is 0.253 e. The van der Waals surface area contributed by atoms with Crippen molar-refractivity contribution in [2.24, 2.45) is 0 Å². The highest BCUT2D eigenvalue weighted by molar-refractivity contribution is 6.43.